The van der Waals surface area contributed by atoms with Crippen molar-refractivity contribution in [3.05, 3.63) is 25.3 Å². The molecule has 6 N–H and O–H groups in total. The molecule has 0 aliphatic rings. The standard InChI is InChI=1S/2C4H10O2.2C3H4O2/c2*5-3-1-2-4-6;2*1-2-3(4)5/h2*5-6H,1-4H2;2*2H,1H2,(H,4,5). The molecule has 0 atom stereocenters. The normalized spacial score (nSPS) is 7.82. The van der Waals surface area contributed by atoms with Crippen LogP contribution in [0.25, 0.3) is 0 Å². The summed E-state index contributed by atoms with van der Waals surface area (Å²) in [7, 11) is 0. The number of hydrogen-bond donors (Lipinski definition) is 6. The molecule has 22 heavy (non-hydrogen) atoms. The molecule has 0 spiro atoms. The van der Waals surface area contributed by atoms with Gasteiger partial charge < -0.3 is 30.6 Å². The second kappa shape index (κ2) is 31.6. The number of hydrogen-bond acceptors (Lipinski definition) is 6. The molecule has 0 aromatic carbocycles. The highest BCUT2D eigenvalue weighted by molar-refractivity contribution is 5.79. The van der Waals surface area contributed by atoms with Gasteiger partial charge >= 0.3 is 11.9 Å². The largest absolute Gasteiger partial charge is 0.478 e. The summed E-state index contributed by atoms with van der Waals surface area (Å²) < 4.78 is 0. The Kier molecular flexibility index (Phi) is 40.8. The van der Waals surface area contributed by atoms with Crippen molar-refractivity contribution in [3.8, 4) is 0 Å². The van der Waals surface area contributed by atoms with Gasteiger partial charge in [0.05, 0.1) is 0 Å². The molecule has 8 nitrogen and oxygen atoms in total. The molecule has 0 radical (unpaired) electrons. The van der Waals surface area contributed by atoms with E-state index in [2.05, 4.69) is 13.2 Å². The Hall–Kier alpha value is -1.74. The van der Waals surface area contributed by atoms with Crippen molar-refractivity contribution < 1.29 is 40.2 Å². The van der Waals surface area contributed by atoms with Gasteiger partial charge in [-0.2, -0.15) is 0 Å². The van der Waals surface area contributed by atoms with E-state index in [1.54, 1.807) is 0 Å². The van der Waals surface area contributed by atoms with Gasteiger partial charge in [0.1, 0.15) is 0 Å². The molecule has 8 heteroatoms. The van der Waals surface area contributed by atoms with Crippen molar-refractivity contribution in [2.75, 3.05) is 26.4 Å². The van der Waals surface area contributed by atoms with E-state index in [9.17, 15) is 9.59 Å². The summed E-state index contributed by atoms with van der Waals surface area (Å²) in [6.45, 7) is 6.70. The van der Waals surface area contributed by atoms with Crippen LogP contribution in [0.3, 0.4) is 0 Å². The molecule has 0 fully saturated rings. The van der Waals surface area contributed by atoms with Crippen LogP contribution in [0.1, 0.15) is 25.7 Å². The molecule has 0 aromatic rings. The van der Waals surface area contributed by atoms with Crippen molar-refractivity contribution in [1.82, 2.24) is 0 Å². The van der Waals surface area contributed by atoms with Gasteiger partial charge in [0, 0.05) is 38.6 Å². The predicted molar refractivity (Wildman–Crippen MR) is 82.5 cm³/mol. The van der Waals surface area contributed by atoms with Crippen LogP contribution in [0.4, 0.5) is 0 Å². The first kappa shape index (κ1) is 28.4. The van der Waals surface area contributed by atoms with Crippen LogP contribution in [0.15, 0.2) is 25.3 Å². The van der Waals surface area contributed by atoms with Gasteiger partial charge in [-0.15, -0.1) is 0 Å². The molecule has 0 aromatic heterocycles. The maximum Gasteiger partial charge on any atom is 0.327 e. The maximum atomic E-state index is 9.25. The average Bonchev–Trinajstić information content (AvgIpc) is 2.52. The van der Waals surface area contributed by atoms with Crippen LogP contribution in [0.2, 0.25) is 0 Å². The lowest BCUT2D eigenvalue weighted by molar-refractivity contribution is -0.132. The monoisotopic (exact) mass is 324 g/mol. The van der Waals surface area contributed by atoms with E-state index in [0.29, 0.717) is 0 Å². The number of aliphatic carboxylic acids is 2. The molecular formula is C14H28O8. The highest BCUT2D eigenvalue weighted by Gasteiger charge is 1.78. The zero-order chi connectivity index (χ0) is 18.2. The smallest absolute Gasteiger partial charge is 0.327 e. The van der Waals surface area contributed by atoms with Crippen LogP contribution in [0, 0.1) is 0 Å². The van der Waals surface area contributed by atoms with E-state index in [-0.39, 0.29) is 26.4 Å². The fourth-order valence-electron chi connectivity index (χ4n) is 0.447. The van der Waals surface area contributed by atoms with E-state index in [1.165, 1.54) is 0 Å². The minimum Gasteiger partial charge on any atom is -0.478 e. The maximum absolute atomic E-state index is 9.25. The molecule has 0 rings (SSSR count). The van der Waals surface area contributed by atoms with Gasteiger partial charge in [-0.05, 0) is 25.7 Å². The first-order valence-electron chi connectivity index (χ1n) is 6.51. The zero-order valence-electron chi connectivity index (χ0n) is 12.7. The molecule has 0 amide bonds. The van der Waals surface area contributed by atoms with Crippen LogP contribution in [0.5, 0.6) is 0 Å². The number of aliphatic hydroxyl groups is 4. The lowest BCUT2D eigenvalue weighted by Crippen LogP contribution is -1.85. The van der Waals surface area contributed by atoms with Gasteiger partial charge in [-0.1, -0.05) is 13.2 Å². The van der Waals surface area contributed by atoms with Crippen molar-refractivity contribution in [3.63, 3.8) is 0 Å². The van der Waals surface area contributed by atoms with Crippen LogP contribution < -0.4 is 0 Å². The highest BCUT2D eigenvalue weighted by Crippen LogP contribution is 1.81. The van der Waals surface area contributed by atoms with E-state index >= 15 is 0 Å². The third-order valence-electron chi connectivity index (χ3n) is 1.48. The summed E-state index contributed by atoms with van der Waals surface area (Å²) in [4.78, 5) is 18.5. The number of aliphatic hydroxyl groups excluding tert-OH is 4. The van der Waals surface area contributed by atoms with Gasteiger partial charge in [-0.3, -0.25) is 0 Å². The number of rotatable bonds is 8. The molecule has 0 saturated carbocycles. The summed E-state index contributed by atoms with van der Waals surface area (Å²) in [6.07, 6.45) is 4.54. The number of carboxylic acids is 2. The molecule has 0 bridgehead atoms. The van der Waals surface area contributed by atoms with Crippen molar-refractivity contribution >= 4 is 11.9 Å². The average molecular weight is 324 g/mol. The van der Waals surface area contributed by atoms with Gasteiger partial charge in [-0.25, -0.2) is 9.59 Å². The van der Waals surface area contributed by atoms with E-state index < -0.39 is 11.9 Å². The first-order valence-corrected chi connectivity index (χ1v) is 6.51. The van der Waals surface area contributed by atoms with Gasteiger partial charge in [0.2, 0.25) is 0 Å². The fourth-order valence-corrected chi connectivity index (χ4v) is 0.447. The molecule has 0 unspecified atom stereocenters. The summed E-state index contributed by atoms with van der Waals surface area (Å²) in [6, 6.07) is 0. The van der Waals surface area contributed by atoms with Gasteiger partial charge in [0.25, 0.3) is 0 Å². The number of carboxylic acid groups (broad SMARTS) is 2. The molecule has 0 aliphatic heterocycles. The topological polar surface area (TPSA) is 156 Å². The van der Waals surface area contributed by atoms with Crippen LogP contribution in [-0.2, 0) is 9.59 Å². The SMILES string of the molecule is C=CC(=O)O.C=CC(=O)O.OCCCCO.OCCCCO. The highest BCUT2D eigenvalue weighted by atomic mass is 16.4. The predicted octanol–water partition coefficient (Wildman–Crippen LogP) is 0.0164. The minimum absolute atomic E-state index is 0.195. The Morgan fingerprint density at radius 3 is 0.818 bits per heavy atom. The van der Waals surface area contributed by atoms with E-state index in [0.717, 1.165) is 37.8 Å². The second-order valence-electron chi connectivity index (χ2n) is 3.39. The fraction of sp³-hybridized carbons (Fsp3) is 0.571. The second-order valence-corrected chi connectivity index (χ2v) is 3.39. The summed E-state index contributed by atoms with van der Waals surface area (Å²) >= 11 is 0. The van der Waals surface area contributed by atoms with Crippen LogP contribution in [-0.4, -0.2) is 69.0 Å². The molecule has 0 aliphatic carbocycles. The van der Waals surface area contributed by atoms with Crippen molar-refractivity contribution in [2.24, 2.45) is 0 Å². The lowest BCUT2D eigenvalue weighted by atomic mass is 10.3. The molecular weight excluding hydrogens is 296 g/mol. The quantitative estimate of drug-likeness (QED) is 0.269. The molecule has 0 heterocycles. The minimum atomic E-state index is -0.981. The molecule has 132 valence electrons. The Balaban J connectivity index is -0.0000000986. The summed E-state index contributed by atoms with van der Waals surface area (Å²) in [5.41, 5.74) is 0. The molecule has 0 saturated heterocycles. The first-order chi connectivity index (χ1) is 10.4. The van der Waals surface area contributed by atoms with Gasteiger partial charge in [0.15, 0.2) is 0 Å². The Morgan fingerprint density at radius 2 is 0.773 bits per heavy atom. The van der Waals surface area contributed by atoms with Crippen LogP contribution >= 0.6 is 0 Å². The third-order valence-corrected chi connectivity index (χ3v) is 1.48. The summed E-state index contributed by atoms with van der Waals surface area (Å²) in [5.74, 6) is -1.96. The van der Waals surface area contributed by atoms with E-state index in [1.807, 2.05) is 0 Å². The van der Waals surface area contributed by atoms with Crippen molar-refractivity contribution in [1.29, 1.82) is 0 Å². The Bertz CT molecular complexity index is 219. The van der Waals surface area contributed by atoms with E-state index in [4.69, 9.17) is 30.6 Å². The third kappa shape index (κ3) is 79.7. The van der Waals surface area contributed by atoms with Crippen molar-refractivity contribution in [2.45, 2.75) is 25.7 Å². The lowest BCUT2D eigenvalue weighted by Gasteiger charge is -1.85. The number of carbonyl (C=O) groups is 2. The zero-order valence-corrected chi connectivity index (χ0v) is 12.7. The Morgan fingerprint density at radius 1 is 0.636 bits per heavy atom. The number of unbranched alkanes of at least 4 members (excludes halogenated alkanes) is 2. The Labute approximate surface area is 130 Å². The summed E-state index contributed by atoms with van der Waals surface area (Å²) in [5, 5.41) is 47.6.